The third-order valence-electron chi connectivity index (χ3n) is 5.60. The lowest BCUT2D eigenvalue weighted by Gasteiger charge is -2.10. The van der Waals surface area contributed by atoms with E-state index in [2.05, 4.69) is 12.2 Å². The van der Waals surface area contributed by atoms with Gasteiger partial charge in [-0.3, -0.25) is 9.59 Å². The molecule has 31 heavy (non-hydrogen) atoms. The number of carboxylic acids is 1. The maximum atomic E-state index is 12.0. The maximum Gasteiger partial charge on any atom is 0.325 e. The van der Waals surface area contributed by atoms with Gasteiger partial charge in [0.2, 0.25) is 0 Å². The standard InChI is InChI=1S/C26H43NO4/c1-3-4-5-6-7-8-9-10-11-12-13-14-15-16-21-31-24-19-17-23(18-20-24)25(28)27-22(2)26(29)30/h17-20,22H,3-16,21H2,1-2H3,(H,27,28)(H,29,30)/t22-/m0/s1. The van der Waals surface area contributed by atoms with Gasteiger partial charge in [0.15, 0.2) is 0 Å². The van der Waals surface area contributed by atoms with Crippen molar-refractivity contribution >= 4 is 11.9 Å². The van der Waals surface area contributed by atoms with Crippen LogP contribution in [0.1, 0.15) is 114 Å². The topological polar surface area (TPSA) is 75.6 Å². The van der Waals surface area contributed by atoms with Crippen LogP contribution in [0, 0.1) is 0 Å². The summed E-state index contributed by atoms with van der Waals surface area (Å²) in [5.41, 5.74) is 0.428. The average Bonchev–Trinajstić information content (AvgIpc) is 2.76. The lowest BCUT2D eigenvalue weighted by atomic mass is 10.0. The van der Waals surface area contributed by atoms with Gasteiger partial charge in [0, 0.05) is 5.56 Å². The summed E-state index contributed by atoms with van der Waals surface area (Å²) >= 11 is 0. The number of carboxylic acid groups (broad SMARTS) is 1. The van der Waals surface area contributed by atoms with Gasteiger partial charge in [-0.15, -0.1) is 0 Å². The van der Waals surface area contributed by atoms with Crippen LogP contribution in [0.3, 0.4) is 0 Å². The van der Waals surface area contributed by atoms with Crippen LogP contribution in [0.4, 0.5) is 0 Å². The zero-order valence-corrected chi connectivity index (χ0v) is 19.7. The zero-order valence-electron chi connectivity index (χ0n) is 19.7. The molecular formula is C26H43NO4. The first kappa shape index (κ1) is 27.0. The van der Waals surface area contributed by atoms with Crippen molar-refractivity contribution in [3.05, 3.63) is 29.8 Å². The van der Waals surface area contributed by atoms with Crippen LogP contribution in [0.5, 0.6) is 5.75 Å². The molecule has 0 unspecified atom stereocenters. The summed E-state index contributed by atoms with van der Waals surface area (Å²) < 4.78 is 5.74. The summed E-state index contributed by atoms with van der Waals surface area (Å²) in [4.78, 5) is 22.8. The second-order valence-corrected chi connectivity index (χ2v) is 8.50. The minimum atomic E-state index is -1.05. The smallest absolute Gasteiger partial charge is 0.325 e. The van der Waals surface area contributed by atoms with Crippen molar-refractivity contribution in [3.63, 3.8) is 0 Å². The molecule has 0 aliphatic carbocycles. The predicted molar refractivity (Wildman–Crippen MR) is 127 cm³/mol. The third kappa shape index (κ3) is 13.8. The van der Waals surface area contributed by atoms with Gasteiger partial charge in [-0.05, 0) is 37.6 Å². The normalized spacial score (nSPS) is 11.8. The van der Waals surface area contributed by atoms with E-state index in [0.29, 0.717) is 12.2 Å². The van der Waals surface area contributed by atoms with Gasteiger partial charge in [-0.1, -0.05) is 90.4 Å². The van der Waals surface area contributed by atoms with Crippen molar-refractivity contribution in [2.24, 2.45) is 0 Å². The molecule has 176 valence electrons. The maximum absolute atomic E-state index is 12.0. The Morgan fingerprint density at radius 1 is 0.806 bits per heavy atom. The van der Waals surface area contributed by atoms with E-state index in [4.69, 9.17) is 9.84 Å². The van der Waals surface area contributed by atoms with Crippen molar-refractivity contribution in [2.45, 2.75) is 110 Å². The van der Waals surface area contributed by atoms with Gasteiger partial charge in [0.05, 0.1) is 6.61 Å². The second-order valence-electron chi connectivity index (χ2n) is 8.50. The monoisotopic (exact) mass is 433 g/mol. The van der Waals surface area contributed by atoms with Crippen molar-refractivity contribution in [1.29, 1.82) is 0 Å². The molecule has 0 aliphatic rings. The fraction of sp³-hybridized carbons (Fsp3) is 0.692. The molecule has 1 rings (SSSR count). The Balaban J connectivity index is 1.97. The number of unbranched alkanes of at least 4 members (excludes halogenated alkanes) is 13. The average molecular weight is 434 g/mol. The van der Waals surface area contributed by atoms with E-state index >= 15 is 0 Å². The number of hydrogen-bond acceptors (Lipinski definition) is 3. The number of benzene rings is 1. The Bertz CT molecular complexity index is 600. The summed E-state index contributed by atoms with van der Waals surface area (Å²) in [7, 11) is 0. The summed E-state index contributed by atoms with van der Waals surface area (Å²) in [6.07, 6.45) is 18.7. The van der Waals surface area contributed by atoms with Gasteiger partial charge < -0.3 is 15.2 Å². The first-order valence-corrected chi connectivity index (χ1v) is 12.3. The van der Waals surface area contributed by atoms with Crippen LogP contribution in [-0.2, 0) is 4.79 Å². The first-order valence-electron chi connectivity index (χ1n) is 12.3. The van der Waals surface area contributed by atoms with Gasteiger partial charge in [0.1, 0.15) is 11.8 Å². The van der Waals surface area contributed by atoms with Crippen LogP contribution in [0.15, 0.2) is 24.3 Å². The Labute approximate surface area is 189 Å². The molecule has 1 aromatic carbocycles. The number of nitrogens with one attached hydrogen (secondary N) is 1. The molecule has 0 spiro atoms. The van der Waals surface area contributed by atoms with Gasteiger partial charge >= 0.3 is 5.97 Å². The lowest BCUT2D eigenvalue weighted by Crippen LogP contribution is -2.38. The Morgan fingerprint density at radius 2 is 1.26 bits per heavy atom. The summed E-state index contributed by atoms with van der Waals surface area (Å²) in [5.74, 6) is -0.715. The lowest BCUT2D eigenvalue weighted by molar-refractivity contribution is -0.138. The highest BCUT2D eigenvalue weighted by Gasteiger charge is 2.15. The van der Waals surface area contributed by atoms with E-state index in [1.807, 2.05) is 0 Å². The molecule has 2 N–H and O–H groups in total. The third-order valence-corrected chi connectivity index (χ3v) is 5.60. The molecule has 0 fully saturated rings. The number of aliphatic carboxylic acids is 1. The molecule has 0 saturated carbocycles. The van der Waals surface area contributed by atoms with Gasteiger partial charge in [-0.25, -0.2) is 0 Å². The molecule has 0 aliphatic heterocycles. The Kier molecular flexibility index (Phi) is 15.3. The van der Waals surface area contributed by atoms with E-state index < -0.39 is 17.9 Å². The minimum absolute atomic E-state index is 0.395. The number of hydrogen-bond donors (Lipinski definition) is 2. The van der Waals surface area contributed by atoms with E-state index in [-0.39, 0.29) is 0 Å². The van der Waals surface area contributed by atoms with Crippen LogP contribution in [0.2, 0.25) is 0 Å². The molecular weight excluding hydrogens is 390 g/mol. The Hall–Kier alpha value is -2.04. The summed E-state index contributed by atoms with van der Waals surface area (Å²) in [5, 5.41) is 11.3. The van der Waals surface area contributed by atoms with E-state index in [1.54, 1.807) is 24.3 Å². The van der Waals surface area contributed by atoms with Crippen molar-refractivity contribution in [1.82, 2.24) is 5.32 Å². The van der Waals surface area contributed by atoms with Crippen molar-refractivity contribution in [3.8, 4) is 5.75 Å². The quantitative estimate of drug-likeness (QED) is 0.237. The number of rotatable bonds is 19. The predicted octanol–water partition coefficient (Wildman–Crippen LogP) is 6.75. The molecule has 1 amide bonds. The fourth-order valence-corrected chi connectivity index (χ4v) is 3.53. The number of ether oxygens (including phenoxy) is 1. The number of amides is 1. The Morgan fingerprint density at radius 3 is 1.71 bits per heavy atom. The molecule has 5 heteroatoms. The second kappa shape index (κ2) is 17.6. The number of carbonyl (C=O) groups excluding carboxylic acids is 1. The molecule has 0 heterocycles. The number of carbonyl (C=O) groups is 2. The summed E-state index contributed by atoms with van der Waals surface area (Å²) in [6, 6.07) is 5.91. The van der Waals surface area contributed by atoms with Crippen molar-refractivity contribution < 1.29 is 19.4 Å². The van der Waals surface area contributed by atoms with Crippen LogP contribution in [-0.4, -0.2) is 29.6 Å². The SMILES string of the molecule is CCCCCCCCCCCCCCCCOc1ccc(C(=O)N[C@@H](C)C(=O)O)cc1. The highest BCUT2D eigenvalue weighted by atomic mass is 16.5. The minimum Gasteiger partial charge on any atom is -0.494 e. The highest BCUT2D eigenvalue weighted by Crippen LogP contribution is 2.15. The summed E-state index contributed by atoms with van der Waals surface area (Å²) in [6.45, 7) is 4.39. The van der Waals surface area contributed by atoms with Crippen LogP contribution >= 0.6 is 0 Å². The molecule has 0 bridgehead atoms. The van der Waals surface area contributed by atoms with E-state index in [0.717, 1.165) is 12.2 Å². The molecule has 1 aromatic rings. The van der Waals surface area contributed by atoms with Gasteiger partial charge in [0.25, 0.3) is 5.91 Å². The van der Waals surface area contributed by atoms with E-state index in [9.17, 15) is 9.59 Å². The van der Waals surface area contributed by atoms with E-state index in [1.165, 1.54) is 90.4 Å². The highest BCUT2D eigenvalue weighted by molar-refractivity contribution is 5.96. The van der Waals surface area contributed by atoms with Gasteiger partial charge in [-0.2, -0.15) is 0 Å². The van der Waals surface area contributed by atoms with Crippen LogP contribution in [0.25, 0.3) is 0 Å². The first-order chi connectivity index (χ1) is 15.0. The molecule has 1 atom stereocenters. The largest absolute Gasteiger partial charge is 0.494 e. The molecule has 0 saturated heterocycles. The van der Waals surface area contributed by atoms with Crippen LogP contribution < -0.4 is 10.1 Å². The zero-order chi connectivity index (χ0) is 22.7. The fourth-order valence-electron chi connectivity index (χ4n) is 3.53. The molecule has 0 radical (unpaired) electrons. The van der Waals surface area contributed by atoms with Crippen molar-refractivity contribution in [2.75, 3.05) is 6.61 Å². The molecule has 0 aromatic heterocycles. The molecule has 5 nitrogen and oxygen atoms in total.